The molecule has 3 heteroatoms. The topological polar surface area (TPSA) is 12.0 Å². The van der Waals surface area contributed by atoms with Crippen molar-refractivity contribution < 1.29 is 8.78 Å². The predicted molar refractivity (Wildman–Crippen MR) is 55.7 cm³/mol. The third-order valence-corrected chi connectivity index (χ3v) is 3.53. The smallest absolute Gasteiger partial charge is 0.162 e. The van der Waals surface area contributed by atoms with E-state index in [4.69, 9.17) is 0 Å². The Morgan fingerprint density at radius 2 is 2.07 bits per heavy atom. The molecule has 82 valence electrons. The Bertz CT molecular complexity index is 365. The molecular formula is C12H15F2N. The third kappa shape index (κ3) is 1.65. The van der Waals surface area contributed by atoms with E-state index in [0.717, 1.165) is 12.5 Å². The summed E-state index contributed by atoms with van der Waals surface area (Å²) in [7, 11) is 1.90. The highest BCUT2D eigenvalue weighted by Crippen LogP contribution is 2.43. The van der Waals surface area contributed by atoms with Crippen molar-refractivity contribution >= 4 is 0 Å². The lowest BCUT2D eigenvalue weighted by Gasteiger charge is -2.43. The summed E-state index contributed by atoms with van der Waals surface area (Å²) in [6.07, 6.45) is 0.887. The van der Waals surface area contributed by atoms with Crippen LogP contribution in [-0.2, 0) is 0 Å². The molecule has 1 aromatic carbocycles. The third-order valence-electron chi connectivity index (χ3n) is 3.53. The average Bonchev–Trinajstić information content (AvgIpc) is 2.23. The normalized spacial score (nSPS) is 30.0. The Labute approximate surface area is 88.5 Å². The van der Waals surface area contributed by atoms with Gasteiger partial charge in [0, 0.05) is 6.04 Å². The molecule has 2 rings (SSSR count). The van der Waals surface area contributed by atoms with E-state index in [1.165, 1.54) is 0 Å². The minimum absolute atomic E-state index is 0.151. The molecule has 1 fully saturated rings. The van der Waals surface area contributed by atoms with Crippen LogP contribution in [0.5, 0.6) is 0 Å². The molecule has 0 saturated heterocycles. The van der Waals surface area contributed by atoms with Crippen LogP contribution in [0.2, 0.25) is 0 Å². The lowest BCUT2D eigenvalue weighted by atomic mass is 9.67. The Morgan fingerprint density at radius 1 is 1.33 bits per heavy atom. The van der Waals surface area contributed by atoms with Crippen molar-refractivity contribution in [2.75, 3.05) is 7.05 Å². The fourth-order valence-electron chi connectivity index (χ4n) is 2.39. The zero-order valence-corrected chi connectivity index (χ0v) is 8.93. The van der Waals surface area contributed by atoms with Crippen LogP contribution in [0.25, 0.3) is 0 Å². The van der Waals surface area contributed by atoms with Gasteiger partial charge in [0.15, 0.2) is 11.6 Å². The maximum atomic E-state index is 13.5. The highest BCUT2D eigenvalue weighted by atomic mass is 19.2. The van der Waals surface area contributed by atoms with Gasteiger partial charge in [-0.1, -0.05) is 19.1 Å². The van der Waals surface area contributed by atoms with Gasteiger partial charge in [-0.25, -0.2) is 8.78 Å². The van der Waals surface area contributed by atoms with Crippen LogP contribution in [-0.4, -0.2) is 13.1 Å². The summed E-state index contributed by atoms with van der Waals surface area (Å²) >= 11 is 0. The monoisotopic (exact) mass is 211 g/mol. The van der Waals surface area contributed by atoms with Crippen LogP contribution < -0.4 is 5.32 Å². The van der Waals surface area contributed by atoms with Gasteiger partial charge in [-0.05, 0) is 36.9 Å². The fraction of sp³-hybridized carbons (Fsp3) is 0.500. The zero-order valence-electron chi connectivity index (χ0n) is 8.93. The molecule has 3 unspecified atom stereocenters. The van der Waals surface area contributed by atoms with Crippen LogP contribution >= 0.6 is 0 Å². The van der Waals surface area contributed by atoms with Gasteiger partial charge in [0.2, 0.25) is 0 Å². The summed E-state index contributed by atoms with van der Waals surface area (Å²) in [6.45, 7) is 2.07. The van der Waals surface area contributed by atoms with Gasteiger partial charge in [-0.15, -0.1) is 0 Å². The van der Waals surface area contributed by atoms with E-state index in [1.54, 1.807) is 12.1 Å². The largest absolute Gasteiger partial charge is 0.317 e. The van der Waals surface area contributed by atoms with Crippen LogP contribution in [0, 0.1) is 17.6 Å². The van der Waals surface area contributed by atoms with Gasteiger partial charge < -0.3 is 5.32 Å². The van der Waals surface area contributed by atoms with E-state index >= 15 is 0 Å². The van der Waals surface area contributed by atoms with Crippen LogP contribution in [0.3, 0.4) is 0 Å². The van der Waals surface area contributed by atoms with Crippen molar-refractivity contribution in [3.8, 4) is 0 Å². The molecule has 1 aromatic rings. The first-order valence-corrected chi connectivity index (χ1v) is 5.26. The Hall–Kier alpha value is -0.960. The molecule has 0 spiro atoms. The molecule has 0 aromatic heterocycles. The zero-order chi connectivity index (χ0) is 11.0. The molecule has 1 N–H and O–H groups in total. The molecule has 1 aliphatic rings. The maximum absolute atomic E-state index is 13.5. The second-order valence-electron chi connectivity index (χ2n) is 4.24. The number of benzene rings is 1. The summed E-state index contributed by atoms with van der Waals surface area (Å²) in [6, 6.07) is 4.86. The number of rotatable bonds is 2. The van der Waals surface area contributed by atoms with E-state index in [9.17, 15) is 8.78 Å². The second-order valence-corrected chi connectivity index (χ2v) is 4.24. The SMILES string of the molecule is CNC1CC(c2cccc(F)c2F)C1C. The first-order valence-electron chi connectivity index (χ1n) is 5.26. The summed E-state index contributed by atoms with van der Waals surface area (Å²) < 4.78 is 26.5. The molecule has 0 aliphatic heterocycles. The molecule has 0 bridgehead atoms. The van der Waals surface area contributed by atoms with Crippen molar-refractivity contribution in [1.29, 1.82) is 0 Å². The highest BCUT2D eigenvalue weighted by Gasteiger charge is 2.39. The molecule has 0 heterocycles. The molecular weight excluding hydrogens is 196 g/mol. The lowest BCUT2D eigenvalue weighted by molar-refractivity contribution is 0.189. The molecule has 1 nitrogen and oxygen atoms in total. The molecule has 1 aliphatic carbocycles. The van der Waals surface area contributed by atoms with Crippen molar-refractivity contribution in [3.63, 3.8) is 0 Å². The molecule has 0 radical (unpaired) electrons. The van der Waals surface area contributed by atoms with Gasteiger partial charge in [0.05, 0.1) is 0 Å². The minimum atomic E-state index is -0.743. The van der Waals surface area contributed by atoms with Crippen LogP contribution in [0.4, 0.5) is 8.78 Å². The van der Waals surface area contributed by atoms with Crippen molar-refractivity contribution in [1.82, 2.24) is 5.32 Å². The van der Waals surface area contributed by atoms with Crippen LogP contribution in [0.1, 0.15) is 24.8 Å². The van der Waals surface area contributed by atoms with Gasteiger partial charge in [0.1, 0.15) is 0 Å². The number of nitrogens with one attached hydrogen (secondary N) is 1. The summed E-state index contributed by atoms with van der Waals surface area (Å²) in [5, 5.41) is 3.17. The van der Waals surface area contributed by atoms with E-state index < -0.39 is 11.6 Å². The standard InChI is InChI=1S/C12H15F2N/c1-7-9(6-11(7)15-2)8-4-3-5-10(13)12(8)14/h3-5,7,9,11,15H,6H2,1-2H3. The van der Waals surface area contributed by atoms with Gasteiger partial charge in [-0.3, -0.25) is 0 Å². The fourth-order valence-corrected chi connectivity index (χ4v) is 2.39. The van der Waals surface area contributed by atoms with Crippen molar-refractivity contribution in [3.05, 3.63) is 35.4 Å². The Balaban J connectivity index is 2.22. The Kier molecular flexibility index (Phi) is 2.74. The first kappa shape index (κ1) is 10.6. The van der Waals surface area contributed by atoms with Crippen molar-refractivity contribution in [2.24, 2.45) is 5.92 Å². The van der Waals surface area contributed by atoms with E-state index in [-0.39, 0.29) is 5.92 Å². The molecule has 3 atom stereocenters. The van der Waals surface area contributed by atoms with E-state index in [2.05, 4.69) is 12.2 Å². The van der Waals surface area contributed by atoms with Gasteiger partial charge in [0.25, 0.3) is 0 Å². The number of halogens is 2. The average molecular weight is 211 g/mol. The molecule has 15 heavy (non-hydrogen) atoms. The first-order chi connectivity index (χ1) is 7.15. The van der Waals surface area contributed by atoms with Crippen molar-refractivity contribution in [2.45, 2.75) is 25.3 Å². The van der Waals surface area contributed by atoms with E-state index in [1.807, 2.05) is 7.05 Å². The maximum Gasteiger partial charge on any atom is 0.162 e. The Morgan fingerprint density at radius 3 is 2.67 bits per heavy atom. The molecule has 1 saturated carbocycles. The predicted octanol–water partition coefficient (Wildman–Crippen LogP) is 2.68. The van der Waals surface area contributed by atoms with E-state index in [0.29, 0.717) is 17.5 Å². The molecule has 0 amide bonds. The summed E-state index contributed by atoms with van der Waals surface area (Å²) in [5.74, 6) is -0.902. The quantitative estimate of drug-likeness (QED) is 0.793. The van der Waals surface area contributed by atoms with Crippen LogP contribution in [0.15, 0.2) is 18.2 Å². The van der Waals surface area contributed by atoms with Gasteiger partial charge >= 0.3 is 0 Å². The lowest BCUT2D eigenvalue weighted by Crippen LogP contribution is -2.46. The highest BCUT2D eigenvalue weighted by molar-refractivity contribution is 5.27. The second kappa shape index (κ2) is 3.89. The van der Waals surface area contributed by atoms with Gasteiger partial charge in [-0.2, -0.15) is 0 Å². The number of hydrogen-bond donors (Lipinski definition) is 1. The number of hydrogen-bond acceptors (Lipinski definition) is 1. The minimum Gasteiger partial charge on any atom is -0.317 e. The summed E-state index contributed by atoms with van der Waals surface area (Å²) in [5.41, 5.74) is 0.522. The summed E-state index contributed by atoms with van der Waals surface area (Å²) in [4.78, 5) is 0.